The van der Waals surface area contributed by atoms with Crippen molar-refractivity contribution >= 4 is 29.9 Å². The second-order valence-corrected chi connectivity index (χ2v) is 6.74. The summed E-state index contributed by atoms with van der Waals surface area (Å²) in [6, 6.07) is 0. The van der Waals surface area contributed by atoms with Gasteiger partial charge in [0.05, 0.1) is 5.60 Å². The molecule has 2 rings (SSSR count). The van der Waals surface area contributed by atoms with Crippen LogP contribution in [0, 0.1) is 5.41 Å². The number of rotatable bonds is 3. The van der Waals surface area contributed by atoms with Gasteiger partial charge in [-0.15, -0.1) is 24.0 Å². The van der Waals surface area contributed by atoms with E-state index in [4.69, 9.17) is 9.47 Å². The van der Waals surface area contributed by atoms with Crippen molar-refractivity contribution in [3.8, 4) is 0 Å². The van der Waals surface area contributed by atoms with Crippen LogP contribution in [0.5, 0.6) is 0 Å². The Morgan fingerprint density at radius 2 is 1.95 bits per heavy atom. The van der Waals surface area contributed by atoms with Crippen LogP contribution in [-0.2, 0) is 9.47 Å². The first-order chi connectivity index (χ1) is 9.50. The highest BCUT2D eigenvalue weighted by Crippen LogP contribution is 2.29. The van der Waals surface area contributed by atoms with E-state index in [2.05, 4.69) is 29.1 Å². The van der Waals surface area contributed by atoms with Crippen LogP contribution in [0.4, 0.5) is 0 Å². The van der Waals surface area contributed by atoms with E-state index in [-0.39, 0.29) is 29.6 Å². The first-order valence-corrected chi connectivity index (χ1v) is 7.59. The summed E-state index contributed by atoms with van der Waals surface area (Å²) in [5.41, 5.74) is 0.276. The lowest BCUT2D eigenvalue weighted by Gasteiger charge is -2.37. The molecule has 2 heterocycles. The van der Waals surface area contributed by atoms with Crippen LogP contribution in [0.1, 0.15) is 33.1 Å². The quantitative estimate of drug-likeness (QED) is 0.439. The molecule has 0 aromatic carbocycles. The van der Waals surface area contributed by atoms with Gasteiger partial charge >= 0.3 is 0 Å². The smallest absolute Gasteiger partial charge is 0.193 e. The zero-order valence-electron chi connectivity index (χ0n) is 13.8. The van der Waals surface area contributed by atoms with Crippen LogP contribution < -0.4 is 5.32 Å². The van der Waals surface area contributed by atoms with E-state index in [1.54, 1.807) is 7.11 Å². The van der Waals surface area contributed by atoms with Gasteiger partial charge in [-0.3, -0.25) is 4.99 Å². The zero-order valence-corrected chi connectivity index (χ0v) is 16.1. The summed E-state index contributed by atoms with van der Waals surface area (Å²) < 4.78 is 11.2. The molecule has 0 aromatic rings. The molecule has 2 fully saturated rings. The third-order valence-corrected chi connectivity index (χ3v) is 4.59. The average Bonchev–Trinajstić information content (AvgIpc) is 2.81. The van der Waals surface area contributed by atoms with Crippen LogP contribution in [0.2, 0.25) is 0 Å². The topological polar surface area (TPSA) is 46.1 Å². The molecule has 1 N–H and O–H groups in total. The van der Waals surface area contributed by atoms with Crippen LogP contribution in [0.3, 0.4) is 0 Å². The fraction of sp³-hybridized carbons (Fsp3) is 0.933. The molecule has 0 amide bonds. The third kappa shape index (κ3) is 4.96. The summed E-state index contributed by atoms with van der Waals surface area (Å²) in [7, 11) is 3.66. The van der Waals surface area contributed by atoms with Crippen molar-refractivity contribution in [1.29, 1.82) is 0 Å². The largest absolute Gasteiger partial charge is 0.381 e. The third-order valence-electron chi connectivity index (χ3n) is 4.59. The molecule has 2 aliphatic heterocycles. The number of halogens is 1. The first kappa shape index (κ1) is 19.0. The Labute approximate surface area is 145 Å². The van der Waals surface area contributed by atoms with Crippen molar-refractivity contribution in [3.05, 3.63) is 0 Å². The number of guanidine groups is 1. The molecule has 5 nitrogen and oxygen atoms in total. The minimum absolute atomic E-state index is 0. The van der Waals surface area contributed by atoms with Gasteiger partial charge in [-0.2, -0.15) is 0 Å². The van der Waals surface area contributed by atoms with Crippen molar-refractivity contribution in [3.63, 3.8) is 0 Å². The van der Waals surface area contributed by atoms with Crippen molar-refractivity contribution in [1.82, 2.24) is 10.2 Å². The SMILES string of the molecule is CN=C(NCC1(OC)CCOCC1)N1CCC(C)(C)C1.I. The number of nitrogens with one attached hydrogen (secondary N) is 1. The molecule has 2 aliphatic rings. The molecule has 6 heteroatoms. The Balaban J connectivity index is 0.00000220. The van der Waals surface area contributed by atoms with Gasteiger partial charge < -0.3 is 19.7 Å². The minimum atomic E-state index is -0.108. The van der Waals surface area contributed by atoms with Gasteiger partial charge in [0, 0.05) is 59.8 Å². The lowest BCUT2D eigenvalue weighted by atomic mass is 9.93. The number of methoxy groups -OCH3 is 1. The van der Waals surface area contributed by atoms with Crippen LogP contribution in [0.25, 0.3) is 0 Å². The van der Waals surface area contributed by atoms with E-state index >= 15 is 0 Å². The van der Waals surface area contributed by atoms with Crippen molar-refractivity contribution < 1.29 is 9.47 Å². The summed E-state index contributed by atoms with van der Waals surface area (Å²) in [6.45, 7) is 9.14. The van der Waals surface area contributed by atoms with E-state index in [0.717, 1.165) is 51.6 Å². The number of aliphatic imine (C=N–C) groups is 1. The fourth-order valence-electron chi connectivity index (χ4n) is 3.06. The van der Waals surface area contributed by atoms with E-state index in [1.807, 2.05) is 7.05 Å². The van der Waals surface area contributed by atoms with Gasteiger partial charge in [-0.25, -0.2) is 0 Å². The highest BCUT2D eigenvalue weighted by molar-refractivity contribution is 14.0. The maximum absolute atomic E-state index is 5.76. The molecule has 0 radical (unpaired) electrons. The van der Waals surface area contributed by atoms with Gasteiger partial charge in [-0.1, -0.05) is 13.8 Å². The van der Waals surface area contributed by atoms with Gasteiger partial charge in [0.1, 0.15) is 0 Å². The normalized spacial score (nSPS) is 24.6. The van der Waals surface area contributed by atoms with Crippen LogP contribution >= 0.6 is 24.0 Å². The van der Waals surface area contributed by atoms with Gasteiger partial charge in [0.2, 0.25) is 0 Å². The fourth-order valence-corrected chi connectivity index (χ4v) is 3.06. The number of ether oxygens (including phenoxy) is 2. The molecule has 2 saturated heterocycles. The van der Waals surface area contributed by atoms with Crippen molar-refractivity contribution in [2.24, 2.45) is 10.4 Å². The maximum Gasteiger partial charge on any atom is 0.193 e. The van der Waals surface area contributed by atoms with Crippen molar-refractivity contribution in [2.75, 3.05) is 47.0 Å². The van der Waals surface area contributed by atoms with Crippen molar-refractivity contribution in [2.45, 2.75) is 38.7 Å². The van der Waals surface area contributed by atoms with Crippen LogP contribution in [0.15, 0.2) is 4.99 Å². The number of hydrogen-bond acceptors (Lipinski definition) is 3. The molecular weight excluding hydrogens is 381 g/mol. The molecule has 0 atom stereocenters. The molecule has 0 saturated carbocycles. The number of hydrogen-bond donors (Lipinski definition) is 1. The molecular formula is C15H30IN3O2. The van der Waals surface area contributed by atoms with E-state index in [0.29, 0.717) is 5.41 Å². The van der Waals surface area contributed by atoms with Crippen LogP contribution in [-0.4, -0.2) is 63.5 Å². The second-order valence-electron chi connectivity index (χ2n) is 6.74. The Morgan fingerprint density at radius 3 is 2.43 bits per heavy atom. The monoisotopic (exact) mass is 411 g/mol. The second kappa shape index (κ2) is 7.97. The summed E-state index contributed by atoms with van der Waals surface area (Å²) in [4.78, 5) is 6.78. The standard InChI is InChI=1S/C15H29N3O2.HI/c1-14(2)5-8-18(12-14)13(16-3)17-11-15(19-4)6-9-20-10-7-15;/h5-12H2,1-4H3,(H,16,17);1H. The molecule has 0 aromatic heterocycles. The Morgan fingerprint density at radius 1 is 1.29 bits per heavy atom. The molecule has 0 unspecified atom stereocenters. The Bertz CT molecular complexity index is 355. The molecule has 21 heavy (non-hydrogen) atoms. The maximum atomic E-state index is 5.76. The Hall–Kier alpha value is -0.0800. The van der Waals surface area contributed by atoms with E-state index < -0.39 is 0 Å². The summed E-state index contributed by atoms with van der Waals surface area (Å²) >= 11 is 0. The molecule has 0 aliphatic carbocycles. The van der Waals surface area contributed by atoms with Gasteiger partial charge in [0.15, 0.2) is 5.96 Å². The lowest BCUT2D eigenvalue weighted by Crippen LogP contribution is -2.51. The number of nitrogens with zero attached hydrogens (tertiary/aromatic N) is 2. The first-order valence-electron chi connectivity index (χ1n) is 7.59. The predicted octanol–water partition coefficient (Wildman–Crippen LogP) is 2.11. The Kier molecular flexibility index (Phi) is 7.19. The summed E-state index contributed by atoms with van der Waals surface area (Å²) in [5.74, 6) is 0.999. The lowest BCUT2D eigenvalue weighted by molar-refractivity contribution is -0.0857. The molecule has 0 bridgehead atoms. The highest BCUT2D eigenvalue weighted by atomic mass is 127. The number of likely N-dealkylation sites (tertiary alicyclic amines) is 1. The molecule has 124 valence electrons. The zero-order chi connectivity index (χ0) is 14.6. The summed E-state index contributed by atoms with van der Waals surface area (Å²) in [5, 5.41) is 3.51. The van der Waals surface area contributed by atoms with Gasteiger partial charge in [-0.05, 0) is 11.8 Å². The van der Waals surface area contributed by atoms with Gasteiger partial charge in [0.25, 0.3) is 0 Å². The summed E-state index contributed by atoms with van der Waals surface area (Å²) in [6.07, 6.45) is 3.11. The minimum Gasteiger partial charge on any atom is -0.381 e. The predicted molar refractivity (Wildman–Crippen MR) is 96.5 cm³/mol. The molecule has 0 spiro atoms. The van der Waals surface area contributed by atoms with E-state index in [9.17, 15) is 0 Å². The highest BCUT2D eigenvalue weighted by Gasteiger charge is 2.35. The average molecular weight is 411 g/mol. The van der Waals surface area contributed by atoms with E-state index in [1.165, 1.54) is 6.42 Å².